The first kappa shape index (κ1) is 189. The summed E-state index contributed by atoms with van der Waals surface area (Å²) in [5.41, 5.74) is 0. The zero-order valence-electron chi connectivity index (χ0n) is 80.7. The molecule has 7 amide bonds. The third kappa shape index (κ3) is 97.6. The predicted octanol–water partition coefficient (Wildman–Crippen LogP) is 21.0. The summed E-state index contributed by atoms with van der Waals surface area (Å²) >= 11 is 0. The van der Waals surface area contributed by atoms with Gasteiger partial charge < -0.3 is 151 Å². The maximum atomic E-state index is 11.4. The second-order valence-corrected chi connectivity index (χ2v) is 28.5. The second-order valence-electron chi connectivity index (χ2n) is 28.5. The molecular formula is C103H198Fe6N10O11. The van der Waals surface area contributed by atoms with E-state index >= 15 is 0 Å². The number of nitrogens with one attached hydrogen (secondary N) is 7. The number of allylic oxidation sites excluding steroid dienone is 13. The van der Waals surface area contributed by atoms with Crippen LogP contribution in [0.2, 0.25) is 0 Å². The van der Waals surface area contributed by atoms with Crippen molar-refractivity contribution in [3.05, 3.63) is 235 Å². The normalized spacial score (nSPS) is 19.8. The van der Waals surface area contributed by atoms with E-state index < -0.39 is 17.9 Å². The summed E-state index contributed by atoms with van der Waals surface area (Å²) in [6.45, 7) is 5.45. The smallest absolute Gasteiger partial charge is 0.481 e. The van der Waals surface area contributed by atoms with Gasteiger partial charge >= 0.3 is 114 Å². The van der Waals surface area contributed by atoms with E-state index in [-0.39, 0.29) is 319 Å². The Balaban J connectivity index is -0.0000000425. The van der Waals surface area contributed by atoms with Crippen molar-refractivity contribution in [3.8, 4) is 0 Å². The van der Waals surface area contributed by atoms with Crippen LogP contribution in [-0.4, -0.2) is 188 Å². The molecule has 0 spiro atoms. The van der Waals surface area contributed by atoms with Crippen LogP contribution >= 0.6 is 0 Å². The second kappa shape index (κ2) is 122. The van der Waals surface area contributed by atoms with Crippen molar-refractivity contribution < 1.29 is 156 Å². The molecule has 12 aliphatic rings. The summed E-state index contributed by atoms with van der Waals surface area (Å²) in [5.74, 6) is 0.204. The number of hydrogen-bond acceptors (Lipinski definition) is 12. The number of carboxylic acids is 2. The molecule has 0 aromatic carbocycles. The van der Waals surface area contributed by atoms with E-state index in [2.05, 4.69) is 165 Å². The number of aliphatic carboxylic acids is 2. The average Bonchev–Trinajstić information content (AvgIpc) is 1.74. The number of likely N-dealkylation sites (N-methyl/N-ethyl adjacent to an activating group) is 1. The predicted molar refractivity (Wildman–Crippen MR) is 549 cm³/mol. The van der Waals surface area contributed by atoms with Crippen molar-refractivity contribution in [3.63, 3.8) is 0 Å². The van der Waals surface area contributed by atoms with Gasteiger partial charge in [0, 0.05) is 74.4 Å². The minimum Gasteiger partial charge on any atom is -0.481 e. The van der Waals surface area contributed by atoms with Gasteiger partial charge in [-0.05, 0) is 215 Å². The molecule has 0 radical (unpaired) electrons. The first-order chi connectivity index (χ1) is 50.9. The van der Waals surface area contributed by atoms with Gasteiger partial charge in [-0.2, -0.15) is 0 Å². The molecule has 27 heteroatoms. The zero-order valence-corrected chi connectivity index (χ0v) is 87.4. The first-order valence-electron chi connectivity index (χ1n) is 38.9. The fourth-order valence-electron chi connectivity index (χ4n) is 12.5. The van der Waals surface area contributed by atoms with E-state index in [9.17, 15) is 43.2 Å². The van der Waals surface area contributed by atoms with Gasteiger partial charge in [-0.25, -0.2) is 0 Å². The number of nitrogens with zero attached hydrogens (tertiary/aromatic N) is 3. The molecule has 0 saturated heterocycles. The van der Waals surface area contributed by atoms with E-state index in [1.54, 1.807) is 60.4 Å². The maximum absolute atomic E-state index is 11.4. The van der Waals surface area contributed by atoms with Crippen LogP contribution in [0.1, 0.15) is 212 Å². The van der Waals surface area contributed by atoms with Crippen LogP contribution in [0.25, 0.3) is 0 Å². The molecule has 0 unspecified atom stereocenters. The van der Waals surface area contributed by atoms with Gasteiger partial charge in [-0.3, -0.25) is 43.2 Å². The number of amides is 7. The summed E-state index contributed by atoms with van der Waals surface area (Å²) in [6.07, 6.45) is 77.5. The maximum Gasteiger partial charge on any atom is 2.00 e. The van der Waals surface area contributed by atoms with Crippen molar-refractivity contribution in [1.82, 2.24) is 51.9 Å². The summed E-state index contributed by atoms with van der Waals surface area (Å²) in [5, 5.41) is 35.7. The summed E-state index contributed by atoms with van der Waals surface area (Å²) in [7, 11) is 20.6. The summed E-state index contributed by atoms with van der Waals surface area (Å²) in [4.78, 5) is 104. The number of carbonyl (C=O) groups is 9. The molecule has 11 atom stereocenters. The molecular weight excluding hydrogens is 1890 g/mol. The van der Waals surface area contributed by atoms with Gasteiger partial charge in [-0.1, -0.05) is 190 Å². The standard InChI is InChI=1S/2C10H18N2O.C8H11NO3.C8H15N.4C7H11NO.C6H8O2.3C5H8.6CH4.12CH3.6Fe/c1-11-10(13)9-5-4-8(6-9)7-12(2)3;1-12(2)8-7-11-10(13)9-5-3-4-6-9;1-9-7(10)5-2-3-6(4-5)8(11)12;1-9(2)7-8-5-3-4-6-8;3*1-8-7(9)6-4-2-3-5-6;1-6(9)8-7-4-2-3-5-7;7-6(8)5-3-1-2-4-5;3*1-2-4-5-3-1;;;;;;;;;;;;;;;;;;;;;;;;/h4-5,8-9H,6-7H2,1-3H3,(H,11,13);3,5,9H,4,6-8H2,1-2H3,(H,11,13);2-3,5-6H,4H2,1H3,(H,9,10)(H,11,12);3,5,8H,4,6-7H2,1-2H3;3*2,4,6H,3,5H2,1H3,(H,8,9);2,4,7H,3,5H2,1H3,(H,8,9);1,3,5H,2,4H2,(H,7,8);3*1-2H,3-5H2;6*1H4;12*1H3;;;;;;/q;;;;;;;;;;;;;;;;;;12*-1;6*+2/t8-,9+;9-;5-,6+;8-;3*6-;7-;5-;;;;;;;;;;;;;;;;;;;;;;;;;;;/m100000000.........................../s1. The summed E-state index contributed by atoms with van der Waals surface area (Å²) in [6, 6.07) is 0.308. The van der Waals surface area contributed by atoms with Crippen molar-refractivity contribution in [2.45, 2.75) is 218 Å². The molecule has 0 aliphatic heterocycles. The molecule has 130 heavy (non-hydrogen) atoms. The molecule has 9 N–H and O–H groups in total. The zero-order chi connectivity index (χ0) is 78.7. The van der Waals surface area contributed by atoms with Crippen LogP contribution in [0.5, 0.6) is 0 Å². The monoisotopic (exact) mass is 2090 g/mol. The van der Waals surface area contributed by atoms with Crippen molar-refractivity contribution in [2.24, 2.45) is 59.2 Å². The van der Waals surface area contributed by atoms with E-state index in [4.69, 9.17) is 10.2 Å². The molecule has 12 rings (SSSR count). The fraction of sp³-hybridized carbons (Fsp3) is 0.563. The molecule has 21 nitrogen and oxygen atoms in total. The topological polar surface area (TPSA) is 288 Å². The Bertz CT molecular complexity index is 2820. The SMILES string of the molecule is C.C.C.C.C.C.C1=CCCC1.C1=CCCC1.C1=CCCC1.CC(=O)N[C@H]1C=CCC1.CN(C)CCNC(=O)[C@H]1C=CCC1.CN(C)C[C@H]1C=CCC1.CNC(=O)[C@H]1C=CCC1.CNC(=O)[C@H]1C=CCC1.CNC(=O)[C@H]1C=CCC1.CNC(=O)[C@H]1C=C[C@@H](C(=O)O)C1.CNC(=O)[C@H]1C=C[C@@H](CN(C)C)C1.O=C(O)[C@H]1C=CCC1.[CH3-].[CH3-].[CH3-].[CH3-].[CH3-].[CH3-].[CH3-].[CH3-].[CH3-].[CH3-].[CH3-].[CH3-].[Fe+2].[Fe+2].[Fe+2].[Fe+2].[Fe+2].[Fe+2]. The Morgan fingerprint density at radius 1 is 0.285 bits per heavy atom. The minimum absolute atomic E-state index is 0. The third-order valence-corrected chi connectivity index (χ3v) is 18.5. The van der Waals surface area contributed by atoms with E-state index in [1.807, 2.05) is 56.6 Å². The molecule has 0 aromatic heterocycles. The van der Waals surface area contributed by atoms with Crippen LogP contribution in [-0.2, 0) is 146 Å². The van der Waals surface area contributed by atoms with E-state index in [0.29, 0.717) is 18.4 Å². The Hall–Kier alpha value is -4.89. The van der Waals surface area contributed by atoms with Gasteiger partial charge in [0.1, 0.15) is 0 Å². The van der Waals surface area contributed by atoms with E-state index in [1.165, 1.54) is 77.2 Å². The Morgan fingerprint density at radius 2 is 0.546 bits per heavy atom. The quantitative estimate of drug-likeness (QED) is 0.0395. The minimum atomic E-state index is -0.863. The molecule has 12 aliphatic carbocycles. The molecule has 0 bridgehead atoms. The van der Waals surface area contributed by atoms with Gasteiger partial charge in [-0.15, -0.1) is 0 Å². The molecule has 774 valence electrons. The molecule has 0 heterocycles. The van der Waals surface area contributed by atoms with Crippen molar-refractivity contribution in [2.75, 3.05) is 104 Å². The van der Waals surface area contributed by atoms with Gasteiger partial charge in [0.05, 0.1) is 47.3 Å². The Kier molecular flexibility index (Phi) is 177. The van der Waals surface area contributed by atoms with E-state index in [0.717, 1.165) is 109 Å². The third-order valence-electron chi connectivity index (χ3n) is 18.5. The fourth-order valence-corrected chi connectivity index (χ4v) is 12.5. The van der Waals surface area contributed by atoms with Crippen LogP contribution in [0.4, 0.5) is 0 Å². The van der Waals surface area contributed by atoms with Crippen LogP contribution < -0.4 is 37.2 Å². The van der Waals surface area contributed by atoms with Gasteiger partial charge in [0.2, 0.25) is 41.4 Å². The van der Waals surface area contributed by atoms with Crippen molar-refractivity contribution >= 4 is 53.3 Å². The number of rotatable bonds is 16. The number of carbonyl (C=O) groups excluding carboxylic acids is 7. The average molecular weight is 2090 g/mol. The molecule has 0 fully saturated rings. The largest absolute Gasteiger partial charge is 2.00 e. The van der Waals surface area contributed by atoms with Gasteiger partial charge in [0.15, 0.2) is 0 Å². The summed E-state index contributed by atoms with van der Waals surface area (Å²) < 4.78 is 0. The van der Waals surface area contributed by atoms with Crippen molar-refractivity contribution in [1.29, 1.82) is 0 Å². The Labute approximate surface area is 870 Å². The number of hydrogen-bond donors (Lipinski definition) is 9. The van der Waals surface area contributed by atoms with Crippen LogP contribution in [0.15, 0.2) is 146 Å². The van der Waals surface area contributed by atoms with Gasteiger partial charge in [0.25, 0.3) is 0 Å². The van der Waals surface area contributed by atoms with Crippen LogP contribution in [0.3, 0.4) is 0 Å². The molecule has 0 aromatic rings. The van der Waals surface area contributed by atoms with Crippen LogP contribution in [0, 0.1) is 148 Å². The number of carboxylic acid groups (broad SMARTS) is 2. The first-order valence-corrected chi connectivity index (χ1v) is 38.9. The molecule has 0 saturated carbocycles. The Morgan fingerprint density at radius 3 is 0.777 bits per heavy atom.